The van der Waals surface area contributed by atoms with Crippen LogP contribution < -0.4 is 5.32 Å². The van der Waals surface area contributed by atoms with Crippen molar-refractivity contribution < 1.29 is 23.8 Å². The molecule has 2 heterocycles. The van der Waals surface area contributed by atoms with E-state index in [4.69, 9.17) is 9.15 Å². The van der Waals surface area contributed by atoms with E-state index in [1.165, 1.54) is 4.90 Å². The van der Waals surface area contributed by atoms with E-state index in [0.717, 1.165) is 0 Å². The lowest BCUT2D eigenvalue weighted by molar-refractivity contribution is -0.145. The number of fused-ring (bicyclic) bond motifs is 1. The highest BCUT2D eigenvalue weighted by molar-refractivity contribution is 6.76. The first-order valence-corrected chi connectivity index (χ1v) is 14.9. The first-order valence-electron chi connectivity index (χ1n) is 11.2. The molecule has 9 nitrogen and oxygen atoms in total. The molecule has 0 aliphatic carbocycles. The van der Waals surface area contributed by atoms with E-state index in [1.807, 2.05) is 19.1 Å². The van der Waals surface area contributed by atoms with Crippen molar-refractivity contribution in [3.63, 3.8) is 0 Å². The van der Waals surface area contributed by atoms with Crippen LogP contribution in [0.2, 0.25) is 25.7 Å². The second-order valence-corrected chi connectivity index (χ2v) is 14.8. The van der Waals surface area contributed by atoms with Crippen LogP contribution >= 0.6 is 0 Å². The molecule has 10 heteroatoms. The number of nitrogens with zero attached hydrogens (tertiary/aromatic N) is 3. The standard InChI is InChI=1S/C22H34N4O5Si/c1-5-10-26(21(28)19-23-16-8-6-7-9-18(16)31-19)20(27)17(15-32(2,3)4)24-22(29)25-11-13-30-14-12-25/h6-9,17,21,28H,5,10-15H2,1-4H3,(H,24,29)/t17-,21?/m0/s1. The summed E-state index contributed by atoms with van der Waals surface area (Å²) in [7, 11) is -1.73. The lowest BCUT2D eigenvalue weighted by Gasteiger charge is -2.34. The Kier molecular flexibility index (Phi) is 7.91. The number of hydrogen-bond acceptors (Lipinski definition) is 6. The van der Waals surface area contributed by atoms with Crippen molar-refractivity contribution in [1.29, 1.82) is 0 Å². The molecule has 1 saturated heterocycles. The number of ether oxygens (including phenoxy) is 1. The lowest BCUT2D eigenvalue weighted by Crippen LogP contribution is -2.56. The van der Waals surface area contributed by atoms with E-state index in [9.17, 15) is 14.7 Å². The fourth-order valence-electron chi connectivity index (χ4n) is 3.75. The Balaban J connectivity index is 1.83. The number of hydrogen-bond donors (Lipinski definition) is 2. The van der Waals surface area contributed by atoms with Gasteiger partial charge in [-0.05, 0) is 24.6 Å². The Hall–Kier alpha value is -2.43. The van der Waals surface area contributed by atoms with Gasteiger partial charge in [0.25, 0.3) is 0 Å². The molecule has 176 valence electrons. The average Bonchev–Trinajstić information content (AvgIpc) is 3.20. The minimum Gasteiger partial charge on any atom is -0.436 e. The van der Waals surface area contributed by atoms with Crippen molar-refractivity contribution in [3.8, 4) is 0 Å². The van der Waals surface area contributed by atoms with E-state index in [2.05, 4.69) is 29.9 Å². The molecular formula is C22H34N4O5Si. The van der Waals surface area contributed by atoms with Gasteiger partial charge in [0, 0.05) is 27.7 Å². The summed E-state index contributed by atoms with van der Waals surface area (Å²) in [5.41, 5.74) is 1.16. The maximum Gasteiger partial charge on any atom is 0.318 e. The van der Waals surface area contributed by atoms with Gasteiger partial charge >= 0.3 is 6.03 Å². The van der Waals surface area contributed by atoms with Crippen LogP contribution in [0.4, 0.5) is 4.79 Å². The number of para-hydroxylation sites is 2. The molecule has 1 aliphatic rings. The second-order valence-electron chi connectivity index (χ2n) is 9.29. The van der Waals surface area contributed by atoms with Gasteiger partial charge in [-0.15, -0.1) is 0 Å². The molecule has 2 atom stereocenters. The fraction of sp³-hybridized carbons (Fsp3) is 0.591. The van der Waals surface area contributed by atoms with E-state index in [0.29, 0.717) is 56.4 Å². The number of aliphatic hydroxyl groups is 1. The molecule has 0 bridgehead atoms. The van der Waals surface area contributed by atoms with E-state index in [1.54, 1.807) is 17.0 Å². The van der Waals surface area contributed by atoms with Crippen LogP contribution in [-0.2, 0) is 9.53 Å². The van der Waals surface area contributed by atoms with Crippen LogP contribution in [0.25, 0.3) is 11.1 Å². The van der Waals surface area contributed by atoms with E-state index < -0.39 is 20.3 Å². The van der Waals surface area contributed by atoms with Crippen molar-refractivity contribution in [2.75, 3.05) is 32.8 Å². The monoisotopic (exact) mass is 462 g/mol. The number of morpholine rings is 1. The van der Waals surface area contributed by atoms with Crippen molar-refractivity contribution >= 4 is 31.1 Å². The van der Waals surface area contributed by atoms with Gasteiger partial charge in [0.15, 0.2) is 5.58 Å². The Bertz CT molecular complexity index is 889. The molecule has 0 radical (unpaired) electrons. The van der Waals surface area contributed by atoms with Gasteiger partial charge in [-0.2, -0.15) is 0 Å². The van der Waals surface area contributed by atoms with E-state index >= 15 is 0 Å². The van der Waals surface area contributed by atoms with Gasteiger partial charge in [-0.25, -0.2) is 9.78 Å². The Morgan fingerprint density at radius 1 is 1.25 bits per heavy atom. The smallest absolute Gasteiger partial charge is 0.318 e. The largest absolute Gasteiger partial charge is 0.436 e. The molecule has 1 unspecified atom stereocenters. The Morgan fingerprint density at radius 3 is 2.56 bits per heavy atom. The van der Waals surface area contributed by atoms with Crippen LogP contribution in [0.1, 0.15) is 25.5 Å². The van der Waals surface area contributed by atoms with Gasteiger partial charge < -0.3 is 29.4 Å². The average molecular weight is 463 g/mol. The van der Waals surface area contributed by atoms with Gasteiger partial charge in [0.05, 0.1) is 13.2 Å². The number of carbonyl (C=O) groups is 2. The first-order chi connectivity index (χ1) is 15.2. The molecule has 2 aromatic rings. The molecule has 2 N–H and O–H groups in total. The maximum absolute atomic E-state index is 13.6. The summed E-state index contributed by atoms with van der Waals surface area (Å²) in [5.74, 6) is -0.259. The minimum atomic E-state index is -1.73. The van der Waals surface area contributed by atoms with Gasteiger partial charge in [-0.1, -0.05) is 38.7 Å². The van der Waals surface area contributed by atoms with Crippen LogP contribution in [0.5, 0.6) is 0 Å². The molecular weight excluding hydrogens is 428 g/mol. The lowest BCUT2D eigenvalue weighted by atomic mass is 10.2. The summed E-state index contributed by atoms with van der Waals surface area (Å²) in [5, 5.41) is 14.0. The third-order valence-corrected chi connectivity index (χ3v) is 6.92. The van der Waals surface area contributed by atoms with Crippen molar-refractivity contribution in [2.24, 2.45) is 0 Å². The van der Waals surface area contributed by atoms with Crippen molar-refractivity contribution in [2.45, 2.75) is 51.3 Å². The molecule has 1 aromatic carbocycles. The molecule has 0 spiro atoms. The summed E-state index contributed by atoms with van der Waals surface area (Å²) in [6.07, 6.45) is -0.695. The van der Waals surface area contributed by atoms with Gasteiger partial charge in [0.2, 0.25) is 18.0 Å². The maximum atomic E-state index is 13.6. The molecule has 0 saturated carbocycles. The second kappa shape index (κ2) is 10.5. The molecule has 1 aliphatic heterocycles. The quantitative estimate of drug-likeness (QED) is 0.461. The topological polar surface area (TPSA) is 108 Å². The SMILES string of the molecule is CCCN(C(=O)[C@H](C[Si](C)(C)C)NC(=O)N1CCOCC1)C(O)c1nc2ccccc2o1. The molecule has 1 aromatic heterocycles. The third-order valence-electron chi connectivity index (χ3n) is 5.28. The normalized spacial score (nSPS) is 16.6. The summed E-state index contributed by atoms with van der Waals surface area (Å²) in [6, 6.07) is 6.76. The number of aliphatic hydroxyl groups excluding tert-OH is 1. The fourth-order valence-corrected chi connectivity index (χ4v) is 5.25. The number of aromatic nitrogens is 1. The van der Waals surface area contributed by atoms with Crippen LogP contribution in [-0.4, -0.2) is 78.8 Å². The summed E-state index contributed by atoms with van der Waals surface area (Å²) < 4.78 is 11.0. The highest BCUT2D eigenvalue weighted by Crippen LogP contribution is 2.25. The van der Waals surface area contributed by atoms with Crippen molar-refractivity contribution in [1.82, 2.24) is 20.1 Å². The van der Waals surface area contributed by atoms with Gasteiger partial charge in [-0.3, -0.25) is 4.79 Å². The number of rotatable bonds is 8. The number of urea groups is 1. The number of oxazole rings is 1. The molecule has 32 heavy (non-hydrogen) atoms. The molecule has 3 amide bonds. The van der Waals surface area contributed by atoms with E-state index in [-0.39, 0.29) is 17.8 Å². The highest BCUT2D eigenvalue weighted by atomic mass is 28.3. The van der Waals surface area contributed by atoms with Crippen LogP contribution in [0, 0.1) is 0 Å². The number of carbonyl (C=O) groups excluding carboxylic acids is 2. The zero-order valence-corrected chi connectivity index (χ0v) is 20.3. The molecule has 1 fully saturated rings. The first kappa shape index (κ1) is 24.2. The summed E-state index contributed by atoms with van der Waals surface area (Å²) in [6.45, 7) is 10.6. The Labute approximate surface area is 189 Å². The van der Waals surface area contributed by atoms with Gasteiger partial charge in [0.1, 0.15) is 11.6 Å². The summed E-state index contributed by atoms with van der Waals surface area (Å²) in [4.78, 5) is 33.8. The predicted molar refractivity (Wildman–Crippen MR) is 124 cm³/mol. The summed E-state index contributed by atoms with van der Waals surface area (Å²) >= 11 is 0. The zero-order valence-electron chi connectivity index (χ0n) is 19.3. The minimum absolute atomic E-state index is 0.0688. The number of nitrogens with one attached hydrogen (secondary N) is 1. The van der Waals surface area contributed by atoms with Crippen molar-refractivity contribution in [3.05, 3.63) is 30.2 Å². The van der Waals surface area contributed by atoms with Crippen LogP contribution in [0.3, 0.4) is 0 Å². The number of amides is 3. The zero-order chi connectivity index (χ0) is 23.3. The molecule has 3 rings (SSSR count). The Morgan fingerprint density at radius 2 is 1.94 bits per heavy atom. The van der Waals surface area contributed by atoms with Crippen LogP contribution in [0.15, 0.2) is 28.7 Å². The number of benzene rings is 1. The predicted octanol–water partition coefficient (Wildman–Crippen LogP) is 2.81. The third kappa shape index (κ3) is 6.08. The highest BCUT2D eigenvalue weighted by Gasteiger charge is 2.36.